The Morgan fingerprint density at radius 3 is 2.73 bits per heavy atom. The minimum Gasteiger partial charge on any atom is -0.322 e. The van der Waals surface area contributed by atoms with Crippen molar-refractivity contribution in [3.63, 3.8) is 0 Å². The lowest BCUT2D eigenvalue weighted by Crippen LogP contribution is -2.19. The SMILES string of the molecule is O=C(CSc1nnc2ccccn12)Nc1sc2c(c1C(=O)Nc1ccc(F)cc1)CCCC2. The maximum atomic E-state index is 13.2. The first-order valence-corrected chi connectivity index (χ1v) is 12.3. The number of amides is 2. The van der Waals surface area contributed by atoms with Crippen LogP contribution in [-0.4, -0.2) is 32.2 Å². The van der Waals surface area contributed by atoms with Crippen LogP contribution in [-0.2, 0) is 17.6 Å². The van der Waals surface area contributed by atoms with E-state index < -0.39 is 0 Å². The molecule has 0 spiro atoms. The Labute approximate surface area is 197 Å². The van der Waals surface area contributed by atoms with Crippen molar-refractivity contribution in [3.05, 3.63) is 70.5 Å². The molecule has 3 heterocycles. The average molecular weight is 482 g/mol. The summed E-state index contributed by atoms with van der Waals surface area (Å²) in [4.78, 5) is 27.1. The second-order valence-electron chi connectivity index (χ2n) is 7.62. The highest BCUT2D eigenvalue weighted by molar-refractivity contribution is 7.99. The second-order valence-corrected chi connectivity index (χ2v) is 9.67. The number of nitrogens with one attached hydrogen (secondary N) is 2. The number of hydrogen-bond acceptors (Lipinski definition) is 6. The van der Waals surface area contributed by atoms with E-state index in [4.69, 9.17) is 0 Å². The number of halogens is 1. The molecule has 0 fully saturated rings. The molecule has 0 atom stereocenters. The van der Waals surface area contributed by atoms with Gasteiger partial charge in [-0.1, -0.05) is 17.8 Å². The summed E-state index contributed by atoms with van der Waals surface area (Å²) in [5.41, 5.74) is 2.72. The molecule has 2 amide bonds. The van der Waals surface area contributed by atoms with Crippen molar-refractivity contribution in [1.82, 2.24) is 14.6 Å². The minimum absolute atomic E-state index is 0.136. The summed E-state index contributed by atoms with van der Waals surface area (Å²) >= 11 is 2.75. The summed E-state index contributed by atoms with van der Waals surface area (Å²) in [5, 5.41) is 15.2. The number of aromatic nitrogens is 3. The van der Waals surface area contributed by atoms with Crippen molar-refractivity contribution >= 4 is 51.2 Å². The molecule has 5 rings (SSSR count). The van der Waals surface area contributed by atoms with Gasteiger partial charge in [-0.2, -0.15) is 0 Å². The predicted molar refractivity (Wildman–Crippen MR) is 128 cm³/mol. The molecule has 1 aliphatic rings. The molecular formula is C23H20FN5O2S2. The van der Waals surface area contributed by atoms with Gasteiger partial charge in [0.05, 0.1) is 11.3 Å². The number of thioether (sulfide) groups is 1. The molecule has 1 aliphatic carbocycles. The highest BCUT2D eigenvalue weighted by atomic mass is 32.2. The standard InChI is InChI=1S/C23H20FN5O2S2/c24-14-8-10-15(11-9-14)25-21(31)20-16-5-1-2-6-17(16)33-22(20)26-19(30)13-32-23-28-27-18-7-3-4-12-29(18)23/h3-4,7-12H,1-2,5-6,13H2,(H,25,31)(H,26,30). The third kappa shape index (κ3) is 4.62. The molecule has 0 radical (unpaired) electrons. The van der Waals surface area contributed by atoms with Crippen LogP contribution in [0.4, 0.5) is 15.1 Å². The van der Waals surface area contributed by atoms with Crippen molar-refractivity contribution in [1.29, 1.82) is 0 Å². The monoisotopic (exact) mass is 481 g/mol. The van der Waals surface area contributed by atoms with Crippen molar-refractivity contribution < 1.29 is 14.0 Å². The van der Waals surface area contributed by atoms with E-state index in [0.29, 0.717) is 27.1 Å². The van der Waals surface area contributed by atoms with Gasteiger partial charge in [0.2, 0.25) is 5.91 Å². The van der Waals surface area contributed by atoms with E-state index in [0.717, 1.165) is 36.1 Å². The van der Waals surface area contributed by atoms with E-state index in [1.807, 2.05) is 28.8 Å². The van der Waals surface area contributed by atoms with Crippen LogP contribution in [0, 0.1) is 5.82 Å². The normalized spacial score (nSPS) is 13.0. The van der Waals surface area contributed by atoms with Gasteiger partial charge in [-0.05, 0) is 67.6 Å². The Morgan fingerprint density at radius 2 is 1.88 bits per heavy atom. The van der Waals surface area contributed by atoms with Crippen molar-refractivity contribution in [3.8, 4) is 0 Å². The minimum atomic E-state index is -0.369. The number of anilines is 2. The van der Waals surface area contributed by atoms with Gasteiger partial charge in [-0.25, -0.2) is 4.39 Å². The molecule has 1 aromatic carbocycles. The van der Waals surface area contributed by atoms with Gasteiger partial charge < -0.3 is 10.6 Å². The molecule has 0 aliphatic heterocycles. The molecule has 168 valence electrons. The number of aryl methyl sites for hydroxylation is 1. The van der Waals surface area contributed by atoms with Crippen LogP contribution in [0.5, 0.6) is 0 Å². The predicted octanol–water partition coefficient (Wildman–Crippen LogP) is 4.79. The summed E-state index contributed by atoms with van der Waals surface area (Å²) in [7, 11) is 0. The first-order chi connectivity index (χ1) is 16.1. The van der Waals surface area contributed by atoms with Crippen LogP contribution in [0.15, 0.2) is 53.8 Å². The molecule has 0 saturated carbocycles. The first-order valence-electron chi connectivity index (χ1n) is 10.5. The molecule has 0 unspecified atom stereocenters. The Balaban J connectivity index is 1.33. The maximum absolute atomic E-state index is 13.2. The van der Waals surface area contributed by atoms with Crippen molar-refractivity contribution in [2.24, 2.45) is 0 Å². The topological polar surface area (TPSA) is 88.4 Å². The lowest BCUT2D eigenvalue weighted by molar-refractivity contribution is -0.113. The third-order valence-electron chi connectivity index (χ3n) is 5.37. The highest BCUT2D eigenvalue weighted by Crippen LogP contribution is 2.38. The largest absolute Gasteiger partial charge is 0.322 e. The molecular weight excluding hydrogens is 461 g/mol. The van der Waals surface area contributed by atoms with Gasteiger partial charge in [0.25, 0.3) is 5.91 Å². The van der Waals surface area contributed by atoms with E-state index in [2.05, 4.69) is 20.8 Å². The van der Waals surface area contributed by atoms with E-state index in [1.54, 1.807) is 0 Å². The number of benzene rings is 1. The van der Waals surface area contributed by atoms with Gasteiger partial charge in [0.15, 0.2) is 10.8 Å². The number of hydrogen-bond donors (Lipinski definition) is 2. The van der Waals surface area contributed by atoms with Crippen LogP contribution in [0.3, 0.4) is 0 Å². The zero-order valence-corrected chi connectivity index (χ0v) is 19.1. The fraction of sp³-hybridized carbons (Fsp3) is 0.217. The summed E-state index contributed by atoms with van der Waals surface area (Å²) in [5.74, 6) is -0.751. The number of fused-ring (bicyclic) bond motifs is 2. The molecule has 33 heavy (non-hydrogen) atoms. The lowest BCUT2D eigenvalue weighted by Gasteiger charge is -2.13. The lowest BCUT2D eigenvalue weighted by atomic mass is 9.95. The van der Waals surface area contributed by atoms with E-state index in [9.17, 15) is 14.0 Å². The fourth-order valence-electron chi connectivity index (χ4n) is 3.83. The quantitative estimate of drug-likeness (QED) is 0.387. The van der Waals surface area contributed by atoms with E-state index in [1.165, 1.54) is 47.4 Å². The smallest absolute Gasteiger partial charge is 0.258 e. The Hall–Kier alpha value is -3.24. The van der Waals surface area contributed by atoms with E-state index >= 15 is 0 Å². The molecule has 3 aromatic heterocycles. The zero-order valence-electron chi connectivity index (χ0n) is 17.5. The average Bonchev–Trinajstić information content (AvgIpc) is 3.40. The first kappa shape index (κ1) is 21.6. The summed E-state index contributed by atoms with van der Waals surface area (Å²) in [6, 6.07) is 11.2. The summed E-state index contributed by atoms with van der Waals surface area (Å²) in [6.07, 6.45) is 5.61. The fourth-order valence-corrected chi connectivity index (χ4v) is 5.86. The number of carbonyl (C=O) groups is 2. The maximum Gasteiger partial charge on any atom is 0.258 e. The van der Waals surface area contributed by atoms with Gasteiger partial charge >= 0.3 is 0 Å². The Morgan fingerprint density at radius 1 is 1.06 bits per heavy atom. The van der Waals surface area contributed by atoms with Crippen LogP contribution in [0.1, 0.15) is 33.6 Å². The van der Waals surface area contributed by atoms with Crippen LogP contribution in [0.2, 0.25) is 0 Å². The summed E-state index contributed by atoms with van der Waals surface area (Å²) < 4.78 is 15.0. The van der Waals surface area contributed by atoms with Gasteiger partial charge in [0.1, 0.15) is 10.8 Å². The number of carbonyl (C=O) groups excluding carboxylic acids is 2. The Kier molecular flexibility index (Phi) is 6.10. The zero-order chi connectivity index (χ0) is 22.8. The second kappa shape index (κ2) is 9.32. The Bertz CT molecular complexity index is 1330. The molecule has 0 bridgehead atoms. The molecule has 0 saturated heterocycles. The molecule has 4 aromatic rings. The number of nitrogens with zero attached hydrogens (tertiary/aromatic N) is 3. The number of rotatable bonds is 6. The van der Waals surface area contributed by atoms with Gasteiger partial charge in [0, 0.05) is 16.8 Å². The third-order valence-corrected chi connectivity index (χ3v) is 7.52. The van der Waals surface area contributed by atoms with Crippen LogP contribution >= 0.6 is 23.1 Å². The number of pyridine rings is 1. The van der Waals surface area contributed by atoms with Gasteiger partial charge in [-0.15, -0.1) is 21.5 Å². The highest BCUT2D eigenvalue weighted by Gasteiger charge is 2.26. The van der Waals surface area contributed by atoms with Crippen LogP contribution < -0.4 is 10.6 Å². The van der Waals surface area contributed by atoms with Crippen LogP contribution in [0.25, 0.3) is 5.65 Å². The van der Waals surface area contributed by atoms with Crippen molar-refractivity contribution in [2.45, 2.75) is 30.8 Å². The van der Waals surface area contributed by atoms with Gasteiger partial charge in [-0.3, -0.25) is 14.0 Å². The molecule has 2 N–H and O–H groups in total. The number of thiophene rings is 1. The van der Waals surface area contributed by atoms with Crippen molar-refractivity contribution in [2.75, 3.05) is 16.4 Å². The summed E-state index contributed by atoms with van der Waals surface area (Å²) in [6.45, 7) is 0. The molecule has 7 nitrogen and oxygen atoms in total. The molecule has 10 heteroatoms. The van der Waals surface area contributed by atoms with E-state index in [-0.39, 0.29) is 23.4 Å².